The Morgan fingerprint density at radius 3 is 1.32 bits per heavy atom. The van der Waals surface area contributed by atoms with Gasteiger partial charge in [-0.2, -0.15) is 0 Å². The number of aliphatic hydroxyl groups excluding tert-OH is 1. The van der Waals surface area contributed by atoms with E-state index in [0.717, 1.165) is 26.2 Å². The number of aliphatic hydroxyl groups is 1. The molecule has 16 heteroatoms. The molecular formula is C37H27F15O. The van der Waals surface area contributed by atoms with Crippen LogP contribution in [0.1, 0.15) is 45.9 Å². The van der Waals surface area contributed by atoms with Gasteiger partial charge in [-0.1, -0.05) is 38.3 Å². The number of hydrogen-bond acceptors (Lipinski definition) is 1. The lowest BCUT2D eigenvalue weighted by Crippen LogP contribution is -2.05. The highest BCUT2D eigenvalue weighted by atomic mass is 19.2. The minimum Gasteiger partial charge on any atom is -0.400 e. The zero-order valence-electron chi connectivity index (χ0n) is 27.9. The van der Waals surface area contributed by atoms with Gasteiger partial charge in [-0.05, 0) is 62.6 Å². The lowest BCUT2D eigenvalue weighted by Gasteiger charge is -2.09. The van der Waals surface area contributed by atoms with Crippen molar-refractivity contribution in [2.24, 2.45) is 0 Å². The van der Waals surface area contributed by atoms with Gasteiger partial charge in [0.1, 0.15) is 0 Å². The van der Waals surface area contributed by atoms with Crippen LogP contribution < -0.4 is 0 Å². The molecule has 4 rings (SSSR count). The Hall–Kier alpha value is -5.21. The van der Waals surface area contributed by atoms with Crippen molar-refractivity contribution in [2.75, 3.05) is 7.11 Å². The molecule has 0 amide bonds. The van der Waals surface area contributed by atoms with Gasteiger partial charge in [0.15, 0.2) is 81.4 Å². The van der Waals surface area contributed by atoms with Crippen molar-refractivity contribution in [1.82, 2.24) is 0 Å². The Labute approximate surface area is 294 Å². The molecule has 2 radical (unpaired) electrons. The van der Waals surface area contributed by atoms with Crippen LogP contribution in [-0.2, 0) is 6.42 Å². The molecule has 0 atom stereocenters. The average molecular weight is 773 g/mol. The molecule has 0 saturated heterocycles. The largest absolute Gasteiger partial charge is 0.400 e. The molecule has 4 aromatic carbocycles. The van der Waals surface area contributed by atoms with Crippen molar-refractivity contribution in [3.05, 3.63) is 171 Å². The molecule has 0 bridgehead atoms. The normalized spacial score (nSPS) is 9.83. The fraction of sp³-hybridized carbons (Fsp3) is 0.135. The van der Waals surface area contributed by atoms with Gasteiger partial charge in [0, 0.05) is 23.8 Å². The average Bonchev–Trinajstić information content (AvgIpc) is 3.16. The number of rotatable bonds is 4. The SMILES string of the molecule is CCc1c(F)c(F)c(C)c(F)c1F.CO.Cc1ccc(F)c(F)c1F.[CH2]c1c(F)c(F)c(F)c(C=C)c1C=C.[CH]=C=Cc1c(F)c(F)c(F)c(F)c1F. The second kappa shape index (κ2) is 21.3. The monoisotopic (exact) mass is 772 g/mol. The Bertz CT molecular complexity index is 1890. The standard InChI is InChI=1S/C11H8F3.C9H2F5.C9H8F4.C7H5F3.CH4O/c1-4-7-6(3)9(12)11(14)10(13)8(7)5-2;1-2-3-4-5(10)7(12)9(14)8(13)6(4)11;1-3-5-8(12)6(10)4(2)7(11)9(5)13;1-4-2-3-5(8)7(10)6(4)9;1-2/h4-5H,1-3H2;1,3H;3H2,1-2H3;2-3H,1H3;2H,1H3. The van der Waals surface area contributed by atoms with Crippen LogP contribution >= 0.6 is 0 Å². The van der Waals surface area contributed by atoms with Crippen molar-refractivity contribution in [1.29, 1.82) is 0 Å². The maximum Gasteiger partial charge on any atom is 0.200 e. The van der Waals surface area contributed by atoms with Gasteiger partial charge in [0.2, 0.25) is 5.82 Å². The lowest BCUT2D eigenvalue weighted by atomic mass is 10.0. The minimum atomic E-state index is -2.20. The van der Waals surface area contributed by atoms with E-state index in [4.69, 9.17) is 5.11 Å². The van der Waals surface area contributed by atoms with Crippen LogP contribution in [0.3, 0.4) is 0 Å². The smallest absolute Gasteiger partial charge is 0.200 e. The highest BCUT2D eigenvalue weighted by molar-refractivity contribution is 5.68. The van der Waals surface area contributed by atoms with Crippen LogP contribution in [0.4, 0.5) is 65.9 Å². The Morgan fingerprint density at radius 2 is 0.943 bits per heavy atom. The Morgan fingerprint density at radius 1 is 0.547 bits per heavy atom. The lowest BCUT2D eigenvalue weighted by molar-refractivity contribution is 0.377. The van der Waals surface area contributed by atoms with Gasteiger partial charge in [-0.3, -0.25) is 0 Å². The molecule has 0 heterocycles. The summed E-state index contributed by atoms with van der Waals surface area (Å²) in [5.74, 6) is -23.0. The van der Waals surface area contributed by atoms with Crippen molar-refractivity contribution in [3.8, 4) is 0 Å². The number of halogens is 15. The van der Waals surface area contributed by atoms with E-state index in [1.807, 2.05) is 0 Å². The van der Waals surface area contributed by atoms with Crippen LogP contribution in [0, 0.1) is 115 Å². The van der Waals surface area contributed by atoms with Gasteiger partial charge < -0.3 is 5.11 Å². The van der Waals surface area contributed by atoms with Gasteiger partial charge in [0.05, 0.1) is 5.56 Å². The first-order chi connectivity index (χ1) is 24.7. The molecule has 0 fully saturated rings. The summed E-state index contributed by atoms with van der Waals surface area (Å²) in [4.78, 5) is 0. The molecule has 0 aliphatic rings. The van der Waals surface area contributed by atoms with Crippen LogP contribution in [0.5, 0.6) is 0 Å². The number of hydrogen-bond donors (Lipinski definition) is 1. The van der Waals surface area contributed by atoms with E-state index in [0.29, 0.717) is 6.08 Å². The number of benzene rings is 4. The van der Waals surface area contributed by atoms with Crippen LogP contribution in [0.15, 0.2) is 31.0 Å². The highest BCUT2D eigenvalue weighted by Gasteiger charge is 2.24. The molecule has 1 nitrogen and oxygen atoms in total. The van der Waals surface area contributed by atoms with E-state index < -0.39 is 104 Å². The molecule has 0 aromatic heterocycles. The van der Waals surface area contributed by atoms with E-state index >= 15 is 0 Å². The van der Waals surface area contributed by atoms with Crippen molar-refractivity contribution >= 4 is 18.2 Å². The first-order valence-corrected chi connectivity index (χ1v) is 14.1. The van der Waals surface area contributed by atoms with Gasteiger partial charge >= 0.3 is 0 Å². The molecular weight excluding hydrogens is 745 g/mol. The molecule has 1 N–H and O–H groups in total. The molecule has 0 aliphatic heterocycles. The maximum atomic E-state index is 13.1. The third-order valence-corrected chi connectivity index (χ3v) is 6.54. The third-order valence-electron chi connectivity index (χ3n) is 6.54. The van der Waals surface area contributed by atoms with Crippen molar-refractivity contribution < 1.29 is 71.0 Å². The van der Waals surface area contributed by atoms with E-state index in [-0.39, 0.29) is 28.7 Å². The van der Waals surface area contributed by atoms with Crippen LogP contribution in [0.2, 0.25) is 0 Å². The summed E-state index contributed by atoms with van der Waals surface area (Å²) in [6.07, 6.45) is 2.70. The van der Waals surface area contributed by atoms with Gasteiger partial charge in [-0.15, -0.1) is 5.73 Å². The summed E-state index contributed by atoms with van der Waals surface area (Å²) in [5, 5.41) is 7.00. The highest BCUT2D eigenvalue weighted by Crippen LogP contribution is 2.27. The quantitative estimate of drug-likeness (QED) is 0.0948. The van der Waals surface area contributed by atoms with E-state index in [1.54, 1.807) is 5.73 Å². The minimum absolute atomic E-state index is 0.0776. The van der Waals surface area contributed by atoms with Crippen LogP contribution in [-0.4, -0.2) is 12.2 Å². The second-order valence-electron chi connectivity index (χ2n) is 9.66. The molecule has 53 heavy (non-hydrogen) atoms. The summed E-state index contributed by atoms with van der Waals surface area (Å²) < 4.78 is 190. The molecule has 0 aliphatic carbocycles. The molecule has 0 unspecified atom stereocenters. The van der Waals surface area contributed by atoms with Crippen molar-refractivity contribution in [3.63, 3.8) is 0 Å². The molecule has 4 aromatic rings. The summed E-state index contributed by atoms with van der Waals surface area (Å²) >= 11 is 0. The Balaban J connectivity index is 0.000000673. The summed E-state index contributed by atoms with van der Waals surface area (Å²) in [7, 11) is 1.00. The van der Waals surface area contributed by atoms with Crippen molar-refractivity contribution in [2.45, 2.75) is 27.2 Å². The Kier molecular flexibility index (Phi) is 19.2. The first-order valence-electron chi connectivity index (χ1n) is 14.1. The van der Waals surface area contributed by atoms with Gasteiger partial charge in [-0.25, -0.2) is 65.9 Å². The first kappa shape index (κ1) is 47.8. The predicted octanol–water partition coefficient (Wildman–Crippen LogP) is 11.7. The fourth-order valence-corrected chi connectivity index (χ4v) is 3.73. The zero-order chi connectivity index (χ0) is 41.7. The second-order valence-corrected chi connectivity index (χ2v) is 9.66. The third kappa shape index (κ3) is 10.9. The van der Waals surface area contributed by atoms with E-state index in [9.17, 15) is 65.9 Å². The number of aryl methyl sites for hydroxylation is 1. The molecule has 286 valence electrons. The van der Waals surface area contributed by atoms with E-state index in [2.05, 4.69) is 26.7 Å². The fourth-order valence-electron chi connectivity index (χ4n) is 3.73. The van der Waals surface area contributed by atoms with Gasteiger partial charge in [0.25, 0.3) is 0 Å². The summed E-state index contributed by atoms with van der Waals surface area (Å²) in [6, 6.07) is 2.08. The topological polar surface area (TPSA) is 20.2 Å². The molecule has 0 saturated carbocycles. The van der Waals surface area contributed by atoms with E-state index in [1.165, 1.54) is 26.0 Å². The van der Waals surface area contributed by atoms with Crippen LogP contribution in [0.25, 0.3) is 18.2 Å². The predicted molar refractivity (Wildman–Crippen MR) is 169 cm³/mol. The summed E-state index contributed by atoms with van der Waals surface area (Å²) in [5.41, 5.74) is -0.692. The summed E-state index contributed by atoms with van der Waals surface area (Å²) in [6.45, 7) is 18.4. The zero-order valence-corrected chi connectivity index (χ0v) is 27.9. The maximum absolute atomic E-state index is 13.1. The molecule has 0 spiro atoms.